The Morgan fingerprint density at radius 2 is 2.03 bits per heavy atom. The predicted octanol–water partition coefficient (Wildman–Crippen LogP) is 4.25. The van der Waals surface area contributed by atoms with Gasteiger partial charge < -0.3 is 15.2 Å². The Bertz CT molecular complexity index is 1250. The molecule has 0 aliphatic carbocycles. The molecule has 0 radical (unpaired) electrons. The molecular weight excluding hydrogens is 386 g/mol. The third kappa shape index (κ3) is 3.76. The van der Waals surface area contributed by atoms with Crippen LogP contribution in [0, 0.1) is 13.5 Å². The summed E-state index contributed by atoms with van der Waals surface area (Å²) in [6.45, 7) is 10.8. The highest BCUT2D eigenvalue weighted by molar-refractivity contribution is 7.21. The van der Waals surface area contributed by atoms with E-state index in [1.807, 2.05) is 25.1 Å². The first-order chi connectivity index (χ1) is 14.1. The number of hydrogen-bond donors (Lipinski definition) is 1. The standard InChI is InChI=1S/C21H19N5O2S/c1-12-6-15(19-17(7-12)25-13(10-24-19)11-27-3)21-26-20-16(23-2)8-14(28-5-4-22)9-18(20)29-21/h6-10H,4-5,11,22H2,1,3H3. The van der Waals surface area contributed by atoms with Gasteiger partial charge in [-0.2, -0.15) is 0 Å². The lowest BCUT2D eigenvalue weighted by Gasteiger charge is -2.06. The van der Waals surface area contributed by atoms with Crippen molar-refractivity contribution >= 4 is 38.3 Å². The number of nitrogens with zero attached hydrogens (tertiary/aromatic N) is 4. The zero-order valence-electron chi connectivity index (χ0n) is 16.1. The van der Waals surface area contributed by atoms with Gasteiger partial charge in [-0.05, 0) is 36.8 Å². The highest BCUT2D eigenvalue weighted by Gasteiger charge is 2.16. The summed E-state index contributed by atoms with van der Waals surface area (Å²) < 4.78 is 11.7. The van der Waals surface area contributed by atoms with Gasteiger partial charge in [0.2, 0.25) is 5.69 Å². The lowest BCUT2D eigenvalue weighted by Crippen LogP contribution is -2.10. The first kappa shape index (κ1) is 19.2. The van der Waals surface area contributed by atoms with E-state index >= 15 is 0 Å². The second-order valence-corrected chi connectivity index (χ2v) is 7.56. The van der Waals surface area contributed by atoms with Crippen LogP contribution in [0.5, 0.6) is 5.75 Å². The molecule has 0 bridgehead atoms. The molecule has 2 aromatic heterocycles. The van der Waals surface area contributed by atoms with Gasteiger partial charge in [0.1, 0.15) is 17.4 Å². The van der Waals surface area contributed by atoms with Crippen LogP contribution in [0.25, 0.3) is 36.7 Å². The molecule has 29 heavy (non-hydrogen) atoms. The van der Waals surface area contributed by atoms with Gasteiger partial charge >= 0.3 is 0 Å². The molecular formula is C21H19N5O2S. The van der Waals surface area contributed by atoms with Crippen molar-refractivity contribution in [2.24, 2.45) is 5.73 Å². The maximum absolute atomic E-state index is 7.52. The average Bonchev–Trinajstić information content (AvgIpc) is 3.15. The molecule has 7 nitrogen and oxygen atoms in total. The molecule has 0 unspecified atom stereocenters. The largest absolute Gasteiger partial charge is 0.494 e. The number of nitrogens with two attached hydrogens (primary N) is 1. The lowest BCUT2D eigenvalue weighted by molar-refractivity contribution is 0.181. The number of fused-ring (bicyclic) bond motifs is 2. The van der Waals surface area contributed by atoms with E-state index in [0.29, 0.717) is 36.7 Å². The predicted molar refractivity (Wildman–Crippen MR) is 114 cm³/mol. The van der Waals surface area contributed by atoms with Gasteiger partial charge in [-0.1, -0.05) is 0 Å². The molecule has 2 aromatic carbocycles. The summed E-state index contributed by atoms with van der Waals surface area (Å²) in [5.74, 6) is 0.627. The Hall–Kier alpha value is -3.12. The Labute approximate surface area is 172 Å². The van der Waals surface area contributed by atoms with Crippen LogP contribution in [0.15, 0.2) is 30.5 Å². The van der Waals surface area contributed by atoms with Crippen LogP contribution in [-0.2, 0) is 11.3 Å². The average molecular weight is 405 g/mol. The minimum absolute atomic E-state index is 0.399. The molecule has 0 spiro atoms. The normalized spacial score (nSPS) is 11.1. The number of methoxy groups -OCH3 is 1. The molecule has 2 heterocycles. The highest BCUT2D eigenvalue weighted by atomic mass is 32.1. The first-order valence-corrected chi connectivity index (χ1v) is 9.85. The van der Waals surface area contributed by atoms with Crippen LogP contribution in [0.3, 0.4) is 0 Å². The number of hydrogen-bond acceptors (Lipinski definition) is 7. The molecule has 0 saturated carbocycles. The summed E-state index contributed by atoms with van der Waals surface area (Å²) >= 11 is 1.51. The van der Waals surface area contributed by atoms with Crippen LogP contribution in [0.2, 0.25) is 0 Å². The van der Waals surface area contributed by atoms with Crippen molar-refractivity contribution in [2.75, 3.05) is 20.3 Å². The lowest BCUT2D eigenvalue weighted by atomic mass is 10.1. The molecule has 0 amide bonds. The number of thiazole rings is 1. The molecule has 0 atom stereocenters. The number of ether oxygens (including phenoxy) is 2. The van der Waals surface area contributed by atoms with E-state index in [1.54, 1.807) is 19.4 Å². The molecule has 8 heteroatoms. The van der Waals surface area contributed by atoms with Crippen LogP contribution in [0.4, 0.5) is 5.69 Å². The number of rotatable bonds is 6. The SMILES string of the molecule is [C-]#[N+]c1cc(OCCN)cc2sc(-c3cc(C)cc4nc(COC)cnc34)nc12. The summed E-state index contributed by atoms with van der Waals surface area (Å²) in [4.78, 5) is 17.7. The minimum atomic E-state index is 0.399. The monoisotopic (exact) mass is 405 g/mol. The smallest absolute Gasteiger partial charge is 0.217 e. The van der Waals surface area contributed by atoms with Crippen molar-refractivity contribution in [2.45, 2.75) is 13.5 Å². The Morgan fingerprint density at radius 3 is 2.79 bits per heavy atom. The van der Waals surface area contributed by atoms with E-state index in [9.17, 15) is 0 Å². The van der Waals surface area contributed by atoms with E-state index in [4.69, 9.17) is 26.8 Å². The van der Waals surface area contributed by atoms with E-state index in [1.165, 1.54) is 11.3 Å². The van der Waals surface area contributed by atoms with E-state index in [-0.39, 0.29) is 0 Å². The third-order valence-electron chi connectivity index (χ3n) is 4.32. The van der Waals surface area contributed by atoms with Crippen LogP contribution in [0.1, 0.15) is 11.3 Å². The van der Waals surface area contributed by atoms with Crippen LogP contribution in [-0.4, -0.2) is 35.2 Å². The Balaban J connectivity index is 1.88. The Kier molecular flexibility index (Phi) is 5.36. The molecule has 0 aliphatic rings. The molecule has 4 aromatic rings. The van der Waals surface area contributed by atoms with E-state index < -0.39 is 0 Å². The second-order valence-electron chi connectivity index (χ2n) is 6.53. The van der Waals surface area contributed by atoms with Crippen molar-refractivity contribution < 1.29 is 9.47 Å². The molecule has 4 rings (SSSR count). The molecule has 0 fully saturated rings. The van der Waals surface area contributed by atoms with Crippen molar-refractivity contribution in [1.29, 1.82) is 0 Å². The first-order valence-electron chi connectivity index (χ1n) is 9.03. The summed E-state index contributed by atoms with van der Waals surface area (Å²) in [5, 5.41) is 0.795. The van der Waals surface area contributed by atoms with Crippen molar-refractivity contribution in [3.8, 4) is 16.3 Å². The van der Waals surface area contributed by atoms with Gasteiger partial charge in [0.25, 0.3) is 0 Å². The van der Waals surface area contributed by atoms with Gasteiger partial charge in [0.05, 0.1) is 41.6 Å². The van der Waals surface area contributed by atoms with Crippen molar-refractivity contribution in [1.82, 2.24) is 15.0 Å². The van der Waals surface area contributed by atoms with Gasteiger partial charge in [0, 0.05) is 23.9 Å². The number of benzene rings is 2. The maximum Gasteiger partial charge on any atom is 0.217 e. The van der Waals surface area contributed by atoms with E-state index in [2.05, 4.69) is 14.8 Å². The van der Waals surface area contributed by atoms with Gasteiger partial charge in [-0.3, -0.25) is 4.98 Å². The quantitative estimate of drug-likeness (QED) is 0.483. The van der Waals surface area contributed by atoms with Crippen LogP contribution < -0.4 is 10.5 Å². The fourth-order valence-corrected chi connectivity index (χ4v) is 4.16. The summed E-state index contributed by atoms with van der Waals surface area (Å²) in [7, 11) is 1.63. The van der Waals surface area contributed by atoms with Gasteiger partial charge in [-0.15, -0.1) is 11.3 Å². The summed E-state index contributed by atoms with van der Waals surface area (Å²) in [5.41, 5.74) is 11.0. The van der Waals surface area contributed by atoms with Crippen LogP contribution >= 0.6 is 11.3 Å². The fourth-order valence-electron chi connectivity index (χ4n) is 3.13. The zero-order valence-corrected chi connectivity index (χ0v) is 16.9. The second kappa shape index (κ2) is 8.09. The third-order valence-corrected chi connectivity index (χ3v) is 5.35. The summed E-state index contributed by atoms with van der Waals surface area (Å²) in [6, 6.07) is 7.66. The van der Waals surface area contributed by atoms with E-state index in [0.717, 1.165) is 37.6 Å². The molecule has 0 saturated heterocycles. The highest BCUT2D eigenvalue weighted by Crippen LogP contribution is 2.39. The zero-order chi connectivity index (χ0) is 20.4. The summed E-state index contributed by atoms with van der Waals surface area (Å²) in [6.07, 6.45) is 1.72. The molecule has 0 aliphatic heterocycles. The Morgan fingerprint density at radius 1 is 1.17 bits per heavy atom. The molecule has 2 N–H and O–H groups in total. The van der Waals surface area contributed by atoms with Crippen molar-refractivity contribution in [3.05, 3.63) is 53.1 Å². The van der Waals surface area contributed by atoms with Gasteiger partial charge in [-0.25, -0.2) is 14.8 Å². The maximum atomic E-state index is 7.52. The minimum Gasteiger partial charge on any atom is -0.494 e. The van der Waals surface area contributed by atoms with Crippen molar-refractivity contribution in [3.63, 3.8) is 0 Å². The molecule has 146 valence electrons. The van der Waals surface area contributed by atoms with Gasteiger partial charge in [0.15, 0.2) is 0 Å². The fraction of sp³-hybridized carbons (Fsp3) is 0.238. The number of aryl methyl sites for hydroxylation is 1. The number of aromatic nitrogens is 3. The topological polar surface area (TPSA) is 87.5 Å².